The highest BCUT2D eigenvalue weighted by Crippen LogP contribution is 2.27. The van der Waals surface area contributed by atoms with Crippen molar-refractivity contribution in [1.29, 1.82) is 0 Å². The number of benzene rings is 1. The van der Waals surface area contributed by atoms with E-state index < -0.39 is 11.3 Å². The minimum absolute atomic E-state index is 0.164. The van der Waals surface area contributed by atoms with Gasteiger partial charge >= 0.3 is 6.03 Å². The van der Waals surface area contributed by atoms with Crippen molar-refractivity contribution in [2.75, 3.05) is 0 Å². The van der Waals surface area contributed by atoms with Crippen molar-refractivity contribution >= 4 is 23.7 Å². The van der Waals surface area contributed by atoms with E-state index in [9.17, 15) is 9.59 Å². The summed E-state index contributed by atoms with van der Waals surface area (Å²) in [6.07, 6.45) is 4.17. The molecule has 1 fully saturated rings. The molecule has 0 saturated heterocycles. The van der Waals surface area contributed by atoms with Gasteiger partial charge in [-0.05, 0) is 56.9 Å². The van der Waals surface area contributed by atoms with E-state index in [1.807, 2.05) is 32.0 Å². The molecule has 0 spiro atoms. The zero-order chi connectivity index (χ0) is 19.4. The van der Waals surface area contributed by atoms with E-state index in [2.05, 4.69) is 20.8 Å². The molecule has 1 aromatic carbocycles. The molecule has 1 aromatic heterocycles. The van der Waals surface area contributed by atoms with Crippen LogP contribution in [0.15, 0.2) is 27.8 Å². The molecule has 0 aliphatic heterocycles. The summed E-state index contributed by atoms with van der Waals surface area (Å²) in [5.74, 6) is 0.0219. The molecule has 1 saturated carbocycles. The van der Waals surface area contributed by atoms with Gasteiger partial charge in [-0.2, -0.15) is 0 Å². The topological polar surface area (TPSA) is 97.1 Å². The second kappa shape index (κ2) is 8.56. The van der Waals surface area contributed by atoms with Crippen molar-refractivity contribution in [2.45, 2.75) is 63.0 Å². The van der Waals surface area contributed by atoms with Gasteiger partial charge in [0.1, 0.15) is 0 Å². The minimum Gasteiger partial charge on any atom is -0.411 e. The van der Waals surface area contributed by atoms with E-state index in [1.54, 1.807) is 6.92 Å². The molecule has 1 atom stereocenters. The number of aryl methyl sites for hydroxylation is 2. The van der Waals surface area contributed by atoms with Gasteiger partial charge in [-0.1, -0.05) is 30.7 Å². The van der Waals surface area contributed by atoms with Crippen LogP contribution in [0.4, 0.5) is 4.79 Å². The van der Waals surface area contributed by atoms with Gasteiger partial charge in [-0.15, -0.1) is 10.2 Å². The zero-order valence-corrected chi connectivity index (χ0v) is 16.6. The number of carbonyl (C=O) groups excluding carboxylic acids is 2. The molecule has 0 bridgehead atoms. The van der Waals surface area contributed by atoms with Crippen LogP contribution in [0.5, 0.6) is 0 Å². The van der Waals surface area contributed by atoms with Gasteiger partial charge in [-0.3, -0.25) is 10.1 Å². The first-order chi connectivity index (χ1) is 12.9. The van der Waals surface area contributed by atoms with E-state index in [0.29, 0.717) is 11.1 Å². The summed E-state index contributed by atoms with van der Waals surface area (Å²) in [6.45, 7) is 5.76. The van der Waals surface area contributed by atoms with Crippen LogP contribution in [0.2, 0.25) is 0 Å². The van der Waals surface area contributed by atoms with Crippen LogP contribution in [0.25, 0.3) is 11.5 Å². The molecule has 7 nitrogen and oxygen atoms in total. The van der Waals surface area contributed by atoms with Crippen LogP contribution in [0.3, 0.4) is 0 Å². The summed E-state index contributed by atoms with van der Waals surface area (Å²) in [7, 11) is 0. The maximum Gasteiger partial charge on any atom is 0.321 e. The molecule has 1 aliphatic rings. The number of rotatable bonds is 5. The van der Waals surface area contributed by atoms with Gasteiger partial charge < -0.3 is 9.73 Å². The Labute approximate surface area is 162 Å². The zero-order valence-electron chi connectivity index (χ0n) is 15.7. The van der Waals surface area contributed by atoms with E-state index in [1.165, 1.54) is 5.56 Å². The monoisotopic (exact) mass is 388 g/mol. The Kier molecular flexibility index (Phi) is 6.15. The first-order valence-corrected chi connectivity index (χ1v) is 9.99. The second-order valence-corrected chi connectivity index (χ2v) is 8.17. The van der Waals surface area contributed by atoms with Crippen LogP contribution in [-0.2, 0) is 4.79 Å². The maximum absolute atomic E-state index is 12.2. The number of urea groups is 1. The Hall–Kier alpha value is -2.35. The predicted molar refractivity (Wildman–Crippen MR) is 103 cm³/mol. The number of hydrogen-bond donors (Lipinski definition) is 2. The number of amides is 3. The normalized spacial score (nSPS) is 15.5. The maximum atomic E-state index is 12.2. The second-order valence-electron chi connectivity index (χ2n) is 6.88. The lowest BCUT2D eigenvalue weighted by Crippen LogP contribution is -2.45. The number of imide groups is 1. The van der Waals surface area contributed by atoms with E-state index in [4.69, 9.17) is 4.42 Å². The van der Waals surface area contributed by atoms with E-state index in [0.717, 1.165) is 48.6 Å². The molecule has 144 valence electrons. The van der Waals surface area contributed by atoms with Crippen LogP contribution in [0.1, 0.15) is 43.7 Å². The average molecular weight is 388 g/mol. The fourth-order valence-corrected chi connectivity index (χ4v) is 3.64. The molecule has 8 heteroatoms. The standard InChI is InChI=1S/C19H24N4O3S/c1-11-8-9-14(10-12(11)2)17-22-23-19(26-17)27-13(3)16(24)21-18(25)20-15-6-4-5-7-15/h8-10,13,15H,4-7H2,1-3H3,(H2,20,21,24,25)/t13-/m1/s1. The van der Waals surface area contributed by atoms with Crippen molar-refractivity contribution < 1.29 is 14.0 Å². The van der Waals surface area contributed by atoms with Crippen molar-refractivity contribution in [1.82, 2.24) is 20.8 Å². The third-order valence-corrected chi connectivity index (χ3v) is 5.67. The fourth-order valence-electron chi connectivity index (χ4n) is 2.96. The van der Waals surface area contributed by atoms with Gasteiger partial charge in [0.25, 0.3) is 5.22 Å². The number of hydrogen-bond acceptors (Lipinski definition) is 6. The summed E-state index contributed by atoms with van der Waals surface area (Å²) in [5, 5.41) is 13.0. The van der Waals surface area contributed by atoms with E-state index >= 15 is 0 Å². The molecular formula is C19H24N4O3S. The Bertz CT molecular complexity index is 830. The summed E-state index contributed by atoms with van der Waals surface area (Å²) in [5.41, 5.74) is 3.17. The van der Waals surface area contributed by atoms with Crippen molar-refractivity contribution in [3.8, 4) is 11.5 Å². The van der Waals surface area contributed by atoms with Crippen LogP contribution in [-0.4, -0.2) is 33.4 Å². The van der Waals surface area contributed by atoms with Gasteiger partial charge in [0.2, 0.25) is 11.8 Å². The first-order valence-electron chi connectivity index (χ1n) is 9.11. The minimum atomic E-state index is -0.535. The summed E-state index contributed by atoms with van der Waals surface area (Å²) in [6, 6.07) is 5.63. The quantitative estimate of drug-likeness (QED) is 0.760. The molecule has 2 N–H and O–H groups in total. The summed E-state index contributed by atoms with van der Waals surface area (Å²) < 4.78 is 5.66. The Morgan fingerprint density at radius 1 is 1.19 bits per heavy atom. The van der Waals surface area contributed by atoms with Crippen LogP contribution in [0, 0.1) is 13.8 Å². The fraction of sp³-hybridized carbons (Fsp3) is 0.474. The predicted octanol–water partition coefficient (Wildman–Crippen LogP) is 3.60. The highest BCUT2D eigenvalue weighted by molar-refractivity contribution is 8.00. The van der Waals surface area contributed by atoms with Crippen LogP contribution >= 0.6 is 11.8 Å². The molecule has 3 amide bonds. The Balaban J connectivity index is 1.55. The highest BCUT2D eigenvalue weighted by atomic mass is 32.2. The average Bonchev–Trinajstić information content (AvgIpc) is 3.29. The van der Waals surface area contributed by atoms with Crippen molar-refractivity contribution in [2.24, 2.45) is 0 Å². The van der Waals surface area contributed by atoms with E-state index in [-0.39, 0.29) is 11.9 Å². The molecular weight excluding hydrogens is 364 g/mol. The highest BCUT2D eigenvalue weighted by Gasteiger charge is 2.23. The molecule has 3 rings (SSSR count). The summed E-state index contributed by atoms with van der Waals surface area (Å²) in [4.78, 5) is 24.1. The molecule has 2 aromatic rings. The third kappa shape index (κ3) is 5.09. The van der Waals surface area contributed by atoms with Gasteiger partial charge in [0.05, 0.1) is 5.25 Å². The third-order valence-electron chi connectivity index (χ3n) is 4.73. The number of aromatic nitrogens is 2. The Morgan fingerprint density at radius 3 is 2.63 bits per heavy atom. The van der Waals surface area contributed by atoms with Crippen molar-refractivity contribution in [3.05, 3.63) is 29.3 Å². The number of thioether (sulfide) groups is 1. The molecule has 1 aliphatic carbocycles. The van der Waals surface area contributed by atoms with Gasteiger partial charge in [0, 0.05) is 11.6 Å². The van der Waals surface area contributed by atoms with Crippen molar-refractivity contribution in [3.63, 3.8) is 0 Å². The Morgan fingerprint density at radius 2 is 1.93 bits per heavy atom. The molecule has 27 heavy (non-hydrogen) atoms. The molecule has 0 radical (unpaired) electrons. The molecule has 1 heterocycles. The molecule has 0 unspecified atom stereocenters. The lowest BCUT2D eigenvalue weighted by molar-refractivity contribution is -0.119. The van der Waals surface area contributed by atoms with Gasteiger partial charge in [0.15, 0.2) is 0 Å². The first kappa shape index (κ1) is 19.4. The lowest BCUT2D eigenvalue weighted by Gasteiger charge is -2.13. The lowest BCUT2D eigenvalue weighted by atomic mass is 10.1. The SMILES string of the molecule is Cc1ccc(-c2nnc(S[C@H](C)C(=O)NC(=O)NC3CCCC3)o2)cc1C. The smallest absolute Gasteiger partial charge is 0.321 e. The number of carbonyl (C=O) groups is 2. The summed E-state index contributed by atoms with van der Waals surface area (Å²) >= 11 is 1.13. The largest absolute Gasteiger partial charge is 0.411 e. The number of nitrogens with one attached hydrogen (secondary N) is 2. The van der Waals surface area contributed by atoms with Crippen LogP contribution < -0.4 is 10.6 Å². The van der Waals surface area contributed by atoms with Gasteiger partial charge in [-0.25, -0.2) is 4.79 Å². The number of nitrogens with zero attached hydrogens (tertiary/aromatic N) is 2.